The van der Waals surface area contributed by atoms with Gasteiger partial charge in [0, 0.05) is 25.6 Å². The third kappa shape index (κ3) is 5.73. The summed E-state index contributed by atoms with van der Waals surface area (Å²) in [4.78, 5) is 25.4. The third-order valence-electron chi connectivity index (χ3n) is 3.91. The summed E-state index contributed by atoms with van der Waals surface area (Å²) >= 11 is 0. The Balaban J connectivity index is 2.03. The molecule has 8 heteroatoms. The highest BCUT2D eigenvalue weighted by Gasteiger charge is 2.30. The first-order chi connectivity index (χ1) is 13.2. The summed E-state index contributed by atoms with van der Waals surface area (Å²) in [6.45, 7) is 3.59. The Morgan fingerprint density at radius 1 is 1.07 bits per heavy atom. The highest BCUT2D eigenvalue weighted by molar-refractivity contribution is 5.95. The molecule has 0 bridgehead atoms. The average Bonchev–Trinajstić information content (AvgIpc) is 2.63. The van der Waals surface area contributed by atoms with Crippen LogP contribution in [0.1, 0.15) is 25.8 Å². The average molecular weight is 394 g/mol. The van der Waals surface area contributed by atoms with Crippen LogP contribution >= 0.6 is 0 Å². The Morgan fingerprint density at radius 3 is 2.29 bits per heavy atom. The molecule has 0 aromatic heterocycles. The number of amides is 2. The van der Waals surface area contributed by atoms with Crippen LogP contribution in [0, 0.1) is 0 Å². The number of alkyl halides is 3. The van der Waals surface area contributed by atoms with E-state index in [9.17, 15) is 22.8 Å². The molecule has 28 heavy (non-hydrogen) atoms. The van der Waals surface area contributed by atoms with Crippen LogP contribution in [0.4, 0.5) is 24.5 Å². The van der Waals surface area contributed by atoms with Gasteiger partial charge in [-0.05, 0) is 43.3 Å². The van der Waals surface area contributed by atoms with Crippen LogP contribution in [0.15, 0.2) is 48.5 Å². The molecule has 0 saturated heterocycles. The van der Waals surface area contributed by atoms with E-state index in [2.05, 4.69) is 5.32 Å². The van der Waals surface area contributed by atoms with Gasteiger partial charge in [-0.2, -0.15) is 13.2 Å². The van der Waals surface area contributed by atoms with Gasteiger partial charge in [0.15, 0.2) is 0 Å². The van der Waals surface area contributed by atoms with Crippen molar-refractivity contribution in [2.75, 3.05) is 23.4 Å². The number of hydrogen-bond acceptors (Lipinski definition) is 3. The smallest absolute Gasteiger partial charge is 0.416 e. The summed E-state index contributed by atoms with van der Waals surface area (Å²) in [5, 5.41) is 2.72. The molecule has 1 N–H and O–H groups in total. The molecule has 2 rings (SSSR count). The van der Waals surface area contributed by atoms with Crippen molar-refractivity contribution in [3.8, 4) is 5.75 Å². The second-order valence-corrected chi connectivity index (χ2v) is 5.94. The second-order valence-electron chi connectivity index (χ2n) is 5.94. The van der Waals surface area contributed by atoms with Crippen molar-refractivity contribution in [3.63, 3.8) is 0 Å². The Morgan fingerprint density at radius 2 is 1.71 bits per heavy atom. The van der Waals surface area contributed by atoms with E-state index in [0.717, 1.165) is 12.1 Å². The molecule has 0 heterocycles. The molecule has 0 fully saturated rings. The number of halogens is 3. The molecule has 150 valence electrons. The van der Waals surface area contributed by atoms with Gasteiger partial charge >= 0.3 is 6.18 Å². The zero-order valence-corrected chi connectivity index (χ0v) is 15.5. The fourth-order valence-electron chi connectivity index (χ4n) is 2.58. The normalized spacial score (nSPS) is 11.0. The fraction of sp³-hybridized carbons (Fsp3) is 0.300. The first kappa shape index (κ1) is 21.3. The fourth-order valence-corrected chi connectivity index (χ4v) is 2.58. The summed E-state index contributed by atoms with van der Waals surface area (Å²) < 4.78 is 43.5. The van der Waals surface area contributed by atoms with Gasteiger partial charge in [0.05, 0.1) is 17.9 Å². The van der Waals surface area contributed by atoms with E-state index >= 15 is 0 Å². The van der Waals surface area contributed by atoms with Crippen molar-refractivity contribution < 1.29 is 27.5 Å². The largest absolute Gasteiger partial charge is 0.492 e. The maximum Gasteiger partial charge on any atom is 0.416 e. The molecular formula is C20H21F3N2O3. The Labute approximate surface area is 161 Å². The zero-order valence-electron chi connectivity index (χ0n) is 15.5. The summed E-state index contributed by atoms with van der Waals surface area (Å²) in [7, 11) is 0. The molecule has 0 aliphatic carbocycles. The first-order valence-corrected chi connectivity index (χ1v) is 8.69. The highest BCUT2D eigenvalue weighted by Crippen LogP contribution is 2.30. The van der Waals surface area contributed by atoms with Crippen LogP contribution in [0.2, 0.25) is 0 Å². The van der Waals surface area contributed by atoms with Crippen molar-refractivity contribution in [1.82, 2.24) is 0 Å². The quantitative estimate of drug-likeness (QED) is 0.753. The number of hydrogen-bond donors (Lipinski definition) is 1. The topological polar surface area (TPSA) is 58.6 Å². The molecule has 0 radical (unpaired) electrons. The van der Waals surface area contributed by atoms with Crippen LogP contribution in [0.3, 0.4) is 0 Å². The van der Waals surface area contributed by atoms with Crippen LogP contribution in [0.5, 0.6) is 5.75 Å². The number of carbonyl (C=O) groups excluding carboxylic acids is 2. The second kappa shape index (κ2) is 9.25. The predicted octanol–water partition coefficient (Wildman–Crippen LogP) is 4.49. The number of ether oxygens (including phenoxy) is 1. The van der Waals surface area contributed by atoms with Crippen LogP contribution in [-0.2, 0) is 15.8 Å². The van der Waals surface area contributed by atoms with Gasteiger partial charge in [0.2, 0.25) is 11.8 Å². The van der Waals surface area contributed by atoms with Gasteiger partial charge in [0.25, 0.3) is 0 Å². The third-order valence-corrected chi connectivity index (χ3v) is 3.91. The zero-order chi connectivity index (χ0) is 20.7. The molecule has 5 nitrogen and oxygen atoms in total. The lowest BCUT2D eigenvalue weighted by Gasteiger charge is -2.21. The lowest BCUT2D eigenvalue weighted by atomic mass is 10.2. The van der Waals surface area contributed by atoms with E-state index in [1.165, 1.54) is 24.0 Å². The minimum absolute atomic E-state index is 0.0267. The maximum atomic E-state index is 12.7. The number of anilines is 2. The van der Waals surface area contributed by atoms with E-state index in [1.807, 2.05) is 6.92 Å². The van der Waals surface area contributed by atoms with Gasteiger partial charge in [0.1, 0.15) is 5.75 Å². The van der Waals surface area contributed by atoms with Crippen molar-refractivity contribution in [2.45, 2.75) is 26.4 Å². The first-order valence-electron chi connectivity index (χ1n) is 8.69. The van der Waals surface area contributed by atoms with Crippen molar-refractivity contribution in [3.05, 3.63) is 54.1 Å². The minimum Gasteiger partial charge on any atom is -0.492 e. The number of para-hydroxylation sites is 2. The Hall–Kier alpha value is -3.03. The standard InChI is InChI=1S/C20H21F3N2O3/c1-3-28-18-7-5-4-6-17(18)24-19(27)12-13-25(14(2)26)16-10-8-15(9-11-16)20(21,22)23/h4-11H,3,12-13H2,1-2H3,(H,24,27). The lowest BCUT2D eigenvalue weighted by molar-refractivity contribution is -0.137. The van der Waals surface area contributed by atoms with Gasteiger partial charge in [-0.1, -0.05) is 12.1 Å². The molecule has 0 aliphatic rings. The Bertz CT molecular complexity index is 820. The minimum atomic E-state index is -4.45. The van der Waals surface area contributed by atoms with Gasteiger partial charge in [-0.25, -0.2) is 0 Å². The monoisotopic (exact) mass is 394 g/mol. The number of nitrogens with one attached hydrogen (secondary N) is 1. The Kier molecular flexibility index (Phi) is 7.03. The van der Waals surface area contributed by atoms with Crippen molar-refractivity contribution in [1.29, 1.82) is 0 Å². The maximum absolute atomic E-state index is 12.7. The summed E-state index contributed by atoms with van der Waals surface area (Å²) in [5.74, 6) is -0.183. The van der Waals surface area contributed by atoms with E-state index in [0.29, 0.717) is 23.7 Å². The van der Waals surface area contributed by atoms with Gasteiger partial charge < -0.3 is 15.0 Å². The van der Waals surface area contributed by atoms with E-state index in [-0.39, 0.29) is 24.8 Å². The van der Waals surface area contributed by atoms with Gasteiger partial charge in [-0.15, -0.1) is 0 Å². The van der Waals surface area contributed by atoms with E-state index in [4.69, 9.17) is 4.74 Å². The number of rotatable bonds is 7. The van der Waals surface area contributed by atoms with Gasteiger partial charge in [-0.3, -0.25) is 9.59 Å². The molecule has 0 saturated carbocycles. The summed E-state index contributed by atoms with van der Waals surface area (Å²) in [6, 6.07) is 11.2. The van der Waals surface area contributed by atoms with E-state index in [1.54, 1.807) is 24.3 Å². The van der Waals surface area contributed by atoms with Crippen molar-refractivity contribution in [2.24, 2.45) is 0 Å². The molecule has 2 amide bonds. The molecule has 2 aromatic carbocycles. The van der Waals surface area contributed by atoms with Crippen LogP contribution < -0.4 is 15.0 Å². The number of benzene rings is 2. The molecule has 0 aliphatic heterocycles. The van der Waals surface area contributed by atoms with Crippen LogP contribution in [-0.4, -0.2) is 25.0 Å². The molecule has 0 spiro atoms. The van der Waals surface area contributed by atoms with E-state index < -0.39 is 11.7 Å². The molecular weight excluding hydrogens is 373 g/mol. The van der Waals surface area contributed by atoms with Crippen LogP contribution in [0.25, 0.3) is 0 Å². The van der Waals surface area contributed by atoms with Crippen molar-refractivity contribution >= 4 is 23.2 Å². The number of nitrogens with zero attached hydrogens (tertiary/aromatic N) is 1. The number of carbonyl (C=O) groups is 2. The molecule has 0 atom stereocenters. The molecule has 2 aromatic rings. The lowest BCUT2D eigenvalue weighted by Crippen LogP contribution is -2.32. The summed E-state index contributed by atoms with van der Waals surface area (Å²) in [5.41, 5.74) is 0.00583. The summed E-state index contributed by atoms with van der Waals surface area (Å²) in [6.07, 6.45) is -4.48. The highest BCUT2D eigenvalue weighted by atomic mass is 19.4. The SMILES string of the molecule is CCOc1ccccc1NC(=O)CCN(C(C)=O)c1ccc(C(F)(F)F)cc1. The molecule has 0 unspecified atom stereocenters. The predicted molar refractivity (Wildman–Crippen MR) is 100 cm³/mol.